The molecule has 0 aliphatic heterocycles. The molecule has 3 rings (SSSR count). The van der Waals surface area contributed by atoms with Gasteiger partial charge in [-0.3, -0.25) is 0 Å². The van der Waals surface area contributed by atoms with E-state index in [0.29, 0.717) is 0 Å². The third-order valence-electron chi connectivity index (χ3n) is 3.14. The molecule has 0 saturated heterocycles. The molecule has 0 radical (unpaired) electrons. The van der Waals surface area contributed by atoms with Crippen LogP contribution in [0.5, 0.6) is 0 Å². The van der Waals surface area contributed by atoms with E-state index < -0.39 is 0 Å². The standard InChI is InChI=1S/C15H15ClN2S/c16-13-4-3-12-5-7-18(15(12)10-13)8-6-17-11-14-2-1-9-19-14/h1-5,7,9-10,17H,6,8,11H2. The second kappa shape index (κ2) is 5.78. The number of benzene rings is 1. The van der Waals surface area contributed by atoms with Crippen molar-refractivity contribution in [1.82, 2.24) is 9.88 Å². The SMILES string of the molecule is Clc1ccc2ccn(CCNCc3cccs3)c2c1. The third kappa shape index (κ3) is 3.00. The van der Waals surface area contributed by atoms with Crippen molar-refractivity contribution in [2.24, 2.45) is 0 Å². The van der Waals surface area contributed by atoms with Gasteiger partial charge in [-0.15, -0.1) is 11.3 Å². The van der Waals surface area contributed by atoms with Gasteiger partial charge in [0.2, 0.25) is 0 Å². The predicted octanol–water partition coefficient (Wildman–Crippen LogP) is 4.15. The van der Waals surface area contributed by atoms with E-state index in [-0.39, 0.29) is 0 Å². The van der Waals surface area contributed by atoms with Crippen molar-refractivity contribution >= 4 is 33.8 Å². The fourth-order valence-corrected chi connectivity index (χ4v) is 3.02. The molecule has 0 fully saturated rings. The summed E-state index contributed by atoms with van der Waals surface area (Å²) in [6.07, 6.45) is 2.12. The van der Waals surface area contributed by atoms with Crippen molar-refractivity contribution in [2.45, 2.75) is 13.1 Å². The second-order valence-corrected chi connectivity index (χ2v) is 5.94. The zero-order valence-corrected chi connectivity index (χ0v) is 12.0. The fourth-order valence-electron chi connectivity index (χ4n) is 2.18. The first-order valence-corrected chi connectivity index (χ1v) is 7.56. The highest BCUT2D eigenvalue weighted by Gasteiger charge is 2.01. The topological polar surface area (TPSA) is 17.0 Å². The zero-order valence-electron chi connectivity index (χ0n) is 10.5. The Morgan fingerprint density at radius 2 is 2.16 bits per heavy atom. The number of thiophene rings is 1. The highest BCUT2D eigenvalue weighted by Crippen LogP contribution is 2.20. The summed E-state index contributed by atoms with van der Waals surface area (Å²) in [5.41, 5.74) is 1.20. The molecule has 1 aromatic carbocycles. The summed E-state index contributed by atoms with van der Waals surface area (Å²) in [7, 11) is 0. The number of hydrogen-bond donors (Lipinski definition) is 1. The lowest BCUT2D eigenvalue weighted by Crippen LogP contribution is -2.18. The minimum absolute atomic E-state index is 0.791. The molecule has 0 unspecified atom stereocenters. The van der Waals surface area contributed by atoms with Crippen molar-refractivity contribution in [3.05, 3.63) is 57.9 Å². The van der Waals surface area contributed by atoms with Gasteiger partial charge < -0.3 is 9.88 Å². The predicted molar refractivity (Wildman–Crippen MR) is 83.0 cm³/mol. The van der Waals surface area contributed by atoms with Gasteiger partial charge in [0.1, 0.15) is 0 Å². The Labute approximate surface area is 121 Å². The number of nitrogens with one attached hydrogen (secondary N) is 1. The van der Waals surface area contributed by atoms with Crippen molar-refractivity contribution < 1.29 is 0 Å². The summed E-state index contributed by atoms with van der Waals surface area (Å²) in [4.78, 5) is 1.38. The summed E-state index contributed by atoms with van der Waals surface area (Å²) in [5.74, 6) is 0. The molecule has 2 heterocycles. The highest BCUT2D eigenvalue weighted by atomic mass is 35.5. The molecule has 0 spiro atoms. The summed E-state index contributed by atoms with van der Waals surface area (Å²) in [6.45, 7) is 2.85. The van der Waals surface area contributed by atoms with Gasteiger partial charge in [-0.2, -0.15) is 0 Å². The summed E-state index contributed by atoms with van der Waals surface area (Å²) in [5, 5.41) is 7.60. The van der Waals surface area contributed by atoms with Crippen molar-refractivity contribution in [1.29, 1.82) is 0 Å². The van der Waals surface area contributed by atoms with Gasteiger partial charge in [-0.05, 0) is 35.0 Å². The van der Waals surface area contributed by atoms with Gasteiger partial charge in [-0.1, -0.05) is 23.7 Å². The number of hydrogen-bond acceptors (Lipinski definition) is 2. The van der Waals surface area contributed by atoms with E-state index in [0.717, 1.165) is 24.7 Å². The van der Waals surface area contributed by atoms with Crippen LogP contribution in [0.3, 0.4) is 0 Å². The van der Waals surface area contributed by atoms with Crippen molar-refractivity contribution in [2.75, 3.05) is 6.54 Å². The van der Waals surface area contributed by atoms with E-state index in [1.54, 1.807) is 11.3 Å². The van der Waals surface area contributed by atoms with Gasteiger partial charge >= 0.3 is 0 Å². The zero-order chi connectivity index (χ0) is 13.1. The molecule has 0 bridgehead atoms. The molecule has 19 heavy (non-hydrogen) atoms. The maximum atomic E-state index is 6.05. The van der Waals surface area contributed by atoms with E-state index in [9.17, 15) is 0 Å². The van der Waals surface area contributed by atoms with Gasteiger partial charge in [0, 0.05) is 41.2 Å². The Kier molecular flexibility index (Phi) is 3.87. The number of aromatic nitrogens is 1. The molecule has 1 N–H and O–H groups in total. The molecular weight excluding hydrogens is 276 g/mol. The van der Waals surface area contributed by atoms with Gasteiger partial charge in [0.05, 0.1) is 0 Å². The van der Waals surface area contributed by atoms with Gasteiger partial charge in [0.15, 0.2) is 0 Å². The number of rotatable bonds is 5. The van der Waals surface area contributed by atoms with Crippen LogP contribution in [0.25, 0.3) is 10.9 Å². The van der Waals surface area contributed by atoms with E-state index >= 15 is 0 Å². The first kappa shape index (κ1) is 12.7. The van der Waals surface area contributed by atoms with Crippen LogP contribution >= 0.6 is 22.9 Å². The molecule has 3 aromatic rings. The smallest absolute Gasteiger partial charge is 0.0495 e. The van der Waals surface area contributed by atoms with Gasteiger partial charge in [0.25, 0.3) is 0 Å². The number of halogens is 1. The Hall–Kier alpha value is -1.29. The minimum Gasteiger partial charge on any atom is -0.346 e. The van der Waals surface area contributed by atoms with Gasteiger partial charge in [-0.25, -0.2) is 0 Å². The lowest BCUT2D eigenvalue weighted by Gasteiger charge is -2.07. The molecule has 0 aliphatic carbocycles. The maximum absolute atomic E-state index is 6.05. The van der Waals surface area contributed by atoms with Crippen LogP contribution in [-0.4, -0.2) is 11.1 Å². The van der Waals surface area contributed by atoms with E-state index in [1.165, 1.54) is 15.8 Å². The lowest BCUT2D eigenvalue weighted by molar-refractivity contribution is 0.613. The average Bonchev–Trinajstić information content (AvgIpc) is 3.04. The Bertz CT molecular complexity index is 658. The molecule has 0 saturated carbocycles. The molecular formula is C15H15ClN2S. The highest BCUT2D eigenvalue weighted by molar-refractivity contribution is 7.09. The molecule has 0 atom stereocenters. The summed E-state index contributed by atoms with van der Waals surface area (Å²) >= 11 is 7.84. The molecule has 4 heteroatoms. The molecule has 0 aliphatic rings. The number of nitrogens with zero attached hydrogens (tertiary/aromatic N) is 1. The average molecular weight is 291 g/mol. The first-order valence-electron chi connectivity index (χ1n) is 6.30. The van der Waals surface area contributed by atoms with Crippen LogP contribution in [0.4, 0.5) is 0 Å². The molecule has 0 amide bonds. The second-order valence-electron chi connectivity index (χ2n) is 4.47. The normalized spacial score (nSPS) is 11.2. The van der Waals surface area contributed by atoms with Crippen LogP contribution in [0.15, 0.2) is 48.0 Å². The van der Waals surface area contributed by atoms with E-state index in [1.807, 2.05) is 12.1 Å². The third-order valence-corrected chi connectivity index (χ3v) is 4.26. The minimum atomic E-state index is 0.791. The van der Waals surface area contributed by atoms with Crippen LogP contribution in [-0.2, 0) is 13.1 Å². The fraction of sp³-hybridized carbons (Fsp3) is 0.200. The Morgan fingerprint density at radius 1 is 1.21 bits per heavy atom. The van der Waals surface area contributed by atoms with Crippen LogP contribution in [0.1, 0.15) is 4.88 Å². The van der Waals surface area contributed by atoms with E-state index in [4.69, 9.17) is 11.6 Å². The van der Waals surface area contributed by atoms with E-state index in [2.05, 4.69) is 45.7 Å². The van der Waals surface area contributed by atoms with Crippen LogP contribution < -0.4 is 5.32 Å². The quantitative estimate of drug-likeness (QED) is 0.699. The summed E-state index contributed by atoms with van der Waals surface area (Å²) in [6, 6.07) is 12.4. The van der Waals surface area contributed by atoms with Crippen molar-refractivity contribution in [3.63, 3.8) is 0 Å². The first-order chi connectivity index (χ1) is 9.33. The maximum Gasteiger partial charge on any atom is 0.0495 e. The van der Waals surface area contributed by atoms with Crippen LogP contribution in [0.2, 0.25) is 5.02 Å². The van der Waals surface area contributed by atoms with Crippen molar-refractivity contribution in [3.8, 4) is 0 Å². The lowest BCUT2D eigenvalue weighted by atomic mass is 10.2. The largest absolute Gasteiger partial charge is 0.346 e. The monoisotopic (exact) mass is 290 g/mol. The number of fused-ring (bicyclic) bond motifs is 1. The molecule has 2 aromatic heterocycles. The Balaban J connectivity index is 1.60. The Morgan fingerprint density at radius 3 is 3.00 bits per heavy atom. The summed E-state index contributed by atoms with van der Waals surface area (Å²) < 4.78 is 2.24. The van der Waals surface area contributed by atoms with Crippen LogP contribution in [0, 0.1) is 0 Å². The molecule has 98 valence electrons. The molecule has 2 nitrogen and oxygen atoms in total.